The van der Waals surface area contributed by atoms with Crippen LogP contribution in [0.15, 0.2) is 21.2 Å². The maximum atomic E-state index is 5.50. The number of oxazole rings is 1. The minimum absolute atomic E-state index is 0.770. The molecule has 86 valence electrons. The smallest absolute Gasteiger partial charge is 0.204 e. The van der Waals surface area contributed by atoms with Crippen molar-refractivity contribution in [3.63, 3.8) is 0 Å². The number of rotatable bonds is 5. The molecule has 0 saturated heterocycles. The maximum absolute atomic E-state index is 5.50. The molecule has 0 aromatic carbocycles. The van der Waals surface area contributed by atoms with Crippen molar-refractivity contribution in [1.82, 2.24) is 10.1 Å². The zero-order valence-corrected chi connectivity index (χ0v) is 10.2. The Morgan fingerprint density at radius 1 is 1.38 bits per heavy atom. The second kappa shape index (κ2) is 5.21. The van der Waals surface area contributed by atoms with E-state index in [2.05, 4.69) is 17.1 Å². The van der Waals surface area contributed by atoms with Crippen molar-refractivity contribution in [2.24, 2.45) is 0 Å². The van der Waals surface area contributed by atoms with Crippen LogP contribution in [-0.4, -0.2) is 10.1 Å². The van der Waals surface area contributed by atoms with E-state index in [-0.39, 0.29) is 0 Å². The van der Waals surface area contributed by atoms with Crippen molar-refractivity contribution < 1.29 is 8.94 Å². The normalized spacial score (nSPS) is 10.9. The number of thioether (sulfide) groups is 1. The molecule has 0 fully saturated rings. The topological polar surface area (TPSA) is 52.1 Å². The third kappa shape index (κ3) is 2.88. The molecular weight excluding hydrogens is 224 g/mol. The third-order valence-electron chi connectivity index (χ3n) is 2.10. The summed E-state index contributed by atoms with van der Waals surface area (Å²) in [6.45, 7) is 3.94. The van der Waals surface area contributed by atoms with Crippen LogP contribution >= 0.6 is 11.8 Å². The molecule has 0 aliphatic carbocycles. The standard InChI is InChI=1S/C11H14N2O2S/c1-3-10-5-12-11(14-10)7-16-6-9-4-8(2)15-13-9/h4-5H,3,6-7H2,1-2H3. The Balaban J connectivity index is 1.79. The summed E-state index contributed by atoms with van der Waals surface area (Å²) < 4.78 is 10.5. The molecule has 2 aromatic rings. The van der Waals surface area contributed by atoms with Crippen molar-refractivity contribution in [1.29, 1.82) is 0 Å². The number of aryl methyl sites for hydroxylation is 2. The van der Waals surface area contributed by atoms with Gasteiger partial charge in [0.2, 0.25) is 5.89 Å². The van der Waals surface area contributed by atoms with Gasteiger partial charge in [0.1, 0.15) is 11.5 Å². The van der Waals surface area contributed by atoms with Gasteiger partial charge in [-0.1, -0.05) is 12.1 Å². The molecule has 0 unspecified atom stereocenters. The summed E-state index contributed by atoms with van der Waals surface area (Å²) in [5.41, 5.74) is 0.963. The first-order valence-corrected chi connectivity index (χ1v) is 6.37. The van der Waals surface area contributed by atoms with Crippen molar-refractivity contribution in [2.75, 3.05) is 0 Å². The zero-order chi connectivity index (χ0) is 11.4. The van der Waals surface area contributed by atoms with Gasteiger partial charge in [-0.05, 0) is 6.92 Å². The summed E-state index contributed by atoms with van der Waals surface area (Å²) in [6, 6.07) is 1.94. The van der Waals surface area contributed by atoms with Gasteiger partial charge in [0.15, 0.2) is 0 Å². The van der Waals surface area contributed by atoms with Gasteiger partial charge in [-0.15, -0.1) is 11.8 Å². The van der Waals surface area contributed by atoms with Crippen LogP contribution in [0.25, 0.3) is 0 Å². The highest BCUT2D eigenvalue weighted by Gasteiger charge is 2.04. The molecule has 5 heteroatoms. The predicted octanol–water partition coefficient (Wildman–Crippen LogP) is 2.97. The fraction of sp³-hybridized carbons (Fsp3) is 0.455. The van der Waals surface area contributed by atoms with Crippen molar-refractivity contribution in [2.45, 2.75) is 31.8 Å². The van der Waals surface area contributed by atoms with E-state index < -0.39 is 0 Å². The summed E-state index contributed by atoms with van der Waals surface area (Å²) in [6.07, 6.45) is 2.68. The minimum atomic E-state index is 0.770. The van der Waals surface area contributed by atoms with E-state index in [1.807, 2.05) is 13.0 Å². The van der Waals surface area contributed by atoms with Crippen LogP contribution in [0.3, 0.4) is 0 Å². The Kier molecular flexibility index (Phi) is 3.66. The van der Waals surface area contributed by atoms with Crippen LogP contribution < -0.4 is 0 Å². The first-order valence-electron chi connectivity index (χ1n) is 5.21. The predicted molar refractivity (Wildman–Crippen MR) is 62.1 cm³/mol. The molecule has 0 bridgehead atoms. The number of aromatic nitrogens is 2. The van der Waals surface area contributed by atoms with Crippen LogP contribution in [0.5, 0.6) is 0 Å². The van der Waals surface area contributed by atoms with Crippen LogP contribution in [0, 0.1) is 6.92 Å². The highest BCUT2D eigenvalue weighted by molar-refractivity contribution is 7.97. The summed E-state index contributed by atoms with van der Waals surface area (Å²) in [5, 5.41) is 3.92. The van der Waals surface area contributed by atoms with Crippen LogP contribution in [-0.2, 0) is 17.9 Å². The maximum Gasteiger partial charge on any atom is 0.204 e. The largest absolute Gasteiger partial charge is 0.445 e. The summed E-state index contributed by atoms with van der Waals surface area (Å²) >= 11 is 1.72. The Morgan fingerprint density at radius 2 is 2.25 bits per heavy atom. The van der Waals surface area contributed by atoms with E-state index in [4.69, 9.17) is 8.94 Å². The van der Waals surface area contributed by atoms with E-state index in [1.54, 1.807) is 18.0 Å². The molecule has 16 heavy (non-hydrogen) atoms. The van der Waals surface area contributed by atoms with Crippen molar-refractivity contribution in [3.05, 3.63) is 35.4 Å². The number of hydrogen-bond donors (Lipinski definition) is 0. The fourth-order valence-electron chi connectivity index (χ4n) is 1.31. The monoisotopic (exact) mass is 238 g/mol. The molecule has 0 atom stereocenters. The molecule has 0 aliphatic rings. The molecule has 0 spiro atoms. The van der Waals surface area contributed by atoms with Gasteiger partial charge in [0.25, 0.3) is 0 Å². The summed E-state index contributed by atoms with van der Waals surface area (Å²) in [5.74, 6) is 4.16. The van der Waals surface area contributed by atoms with Crippen molar-refractivity contribution in [3.8, 4) is 0 Å². The highest BCUT2D eigenvalue weighted by Crippen LogP contribution is 2.17. The Morgan fingerprint density at radius 3 is 2.88 bits per heavy atom. The van der Waals surface area contributed by atoms with Gasteiger partial charge in [0, 0.05) is 18.2 Å². The lowest BCUT2D eigenvalue weighted by Crippen LogP contribution is -1.83. The number of hydrogen-bond acceptors (Lipinski definition) is 5. The second-order valence-corrected chi connectivity index (χ2v) is 4.48. The lowest BCUT2D eigenvalue weighted by atomic mass is 10.4. The summed E-state index contributed by atoms with van der Waals surface area (Å²) in [7, 11) is 0. The van der Waals surface area contributed by atoms with E-state index in [9.17, 15) is 0 Å². The number of nitrogens with zero attached hydrogens (tertiary/aromatic N) is 2. The van der Waals surface area contributed by atoms with Gasteiger partial charge in [-0.3, -0.25) is 0 Å². The molecule has 0 radical (unpaired) electrons. The van der Waals surface area contributed by atoms with E-state index in [0.29, 0.717) is 0 Å². The second-order valence-electron chi connectivity index (χ2n) is 3.50. The van der Waals surface area contributed by atoms with Crippen LogP contribution in [0.4, 0.5) is 0 Å². The van der Waals surface area contributed by atoms with Gasteiger partial charge >= 0.3 is 0 Å². The minimum Gasteiger partial charge on any atom is -0.445 e. The van der Waals surface area contributed by atoms with Crippen LogP contribution in [0.2, 0.25) is 0 Å². The quantitative estimate of drug-likeness (QED) is 0.801. The molecule has 2 aromatic heterocycles. The lowest BCUT2D eigenvalue weighted by molar-refractivity contribution is 0.393. The summed E-state index contributed by atoms with van der Waals surface area (Å²) in [4.78, 5) is 4.19. The molecule has 0 saturated carbocycles. The Labute approximate surface area is 98.4 Å². The SMILES string of the molecule is CCc1cnc(CSCc2cc(C)on2)o1. The van der Waals surface area contributed by atoms with Gasteiger partial charge < -0.3 is 8.94 Å². The molecule has 0 aliphatic heterocycles. The first kappa shape index (κ1) is 11.3. The van der Waals surface area contributed by atoms with E-state index in [1.165, 1.54) is 0 Å². The van der Waals surface area contributed by atoms with E-state index in [0.717, 1.165) is 41.0 Å². The average molecular weight is 238 g/mol. The molecule has 4 nitrogen and oxygen atoms in total. The van der Waals surface area contributed by atoms with Crippen LogP contribution in [0.1, 0.15) is 30.0 Å². The van der Waals surface area contributed by atoms with Crippen molar-refractivity contribution >= 4 is 11.8 Å². The van der Waals surface area contributed by atoms with Gasteiger partial charge in [0.05, 0.1) is 17.6 Å². The first-order chi connectivity index (χ1) is 7.78. The fourth-order valence-corrected chi connectivity index (χ4v) is 2.06. The third-order valence-corrected chi connectivity index (χ3v) is 3.05. The Hall–Kier alpha value is -1.23. The molecule has 0 amide bonds. The Bertz CT molecular complexity index is 450. The molecular formula is C11H14N2O2S. The highest BCUT2D eigenvalue weighted by atomic mass is 32.2. The van der Waals surface area contributed by atoms with Gasteiger partial charge in [-0.25, -0.2) is 4.98 Å². The lowest BCUT2D eigenvalue weighted by Gasteiger charge is -1.94. The van der Waals surface area contributed by atoms with Gasteiger partial charge in [-0.2, -0.15) is 0 Å². The zero-order valence-electron chi connectivity index (χ0n) is 9.40. The van der Waals surface area contributed by atoms with E-state index >= 15 is 0 Å². The molecule has 0 N–H and O–H groups in total. The average Bonchev–Trinajstić information content (AvgIpc) is 2.88. The molecule has 2 heterocycles. The molecule has 2 rings (SSSR count).